The molecule has 3 heterocycles. The molecular weight excluding hydrogens is 627 g/mol. The monoisotopic (exact) mass is 674 g/mol. The summed E-state index contributed by atoms with van der Waals surface area (Å²) < 4.78 is 26.2. The van der Waals surface area contributed by atoms with Crippen molar-refractivity contribution in [2.75, 3.05) is 59.5 Å². The van der Waals surface area contributed by atoms with Gasteiger partial charge in [0.05, 0.1) is 19.4 Å². The predicted octanol–water partition coefficient (Wildman–Crippen LogP) is 4.96. The van der Waals surface area contributed by atoms with Crippen LogP contribution in [0.1, 0.15) is 53.6 Å². The van der Waals surface area contributed by atoms with Crippen LogP contribution in [0.4, 0.5) is 9.18 Å². The zero-order chi connectivity index (χ0) is 34.2. The summed E-state index contributed by atoms with van der Waals surface area (Å²) >= 11 is 0. The zero-order valence-electron chi connectivity index (χ0n) is 28.2. The number of nitrogens with one attached hydrogen (secondary N) is 2. The molecule has 3 aromatic rings. The van der Waals surface area contributed by atoms with Crippen LogP contribution >= 0.6 is 0 Å². The summed E-state index contributed by atoms with van der Waals surface area (Å²) in [6.07, 6.45) is 3.60. The average molecular weight is 675 g/mol. The van der Waals surface area contributed by atoms with Crippen LogP contribution in [-0.2, 0) is 17.8 Å². The van der Waals surface area contributed by atoms with Gasteiger partial charge in [-0.25, -0.2) is 14.2 Å². The number of hydrogen-bond acceptors (Lipinski definition) is 8. The van der Waals surface area contributed by atoms with Crippen LogP contribution in [0, 0.1) is 5.82 Å². The van der Waals surface area contributed by atoms with E-state index < -0.39 is 17.8 Å². The number of morpholine rings is 1. The number of carbonyl (C=O) groups excluding carboxylic acids is 1. The summed E-state index contributed by atoms with van der Waals surface area (Å²) in [5.41, 5.74) is 4.62. The number of amides is 2. The third-order valence-corrected chi connectivity index (χ3v) is 9.70. The van der Waals surface area contributed by atoms with Gasteiger partial charge >= 0.3 is 6.09 Å². The molecule has 2 aliphatic heterocycles. The van der Waals surface area contributed by atoms with Crippen LogP contribution in [0.5, 0.6) is 11.6 Å². The van der Waals surface area contributed by atoms with Gasteiger partial charge in [-0.05, 0) is 92.7 Å². The number of carbonyl (C=O) groups is 2. The molecule has 3 fully saturated rings. The second kappa shape index (κ2) is 16.5. The summed E-state index contributed by atoms with van der Waals surface area (Å²) in [7, 11) is 2.19. The largest absolute Gasteiger partial charge is 0.465 e. The minimum absolute atomic E-state index is 0.00764. The summed E-state index contributed by atoms with van der Waals surface area (Å²) in [5, 5.41) is 14.5. The van der Waals surface area contributed by atoms with E-state index in [4.69, 9.17) is 14.6 Å². The summed E-state index contributed by atoms with van der Waals surface area (Å²) in [6, 6.07) is 15.3. The van der Waals surface area contributed by atoms with E-state index in [1.165, 1.54) is 17.5 Å². The van der Waals surface area contributed by atoms with E-state index >= 15 is 0 Å². The van der Waals surface area contributed by atoms with E-state index in [0.29, 0.717) is 31.4 Å². The number of aromatic nitrogens is 1. The highest BCUT2D eigenvalue weighted by molar-refractivity contribution is 5.96. The van der Waals surface area contributed by atoms with Gasteiger partial charge in [-0.1, -0.05) is 30.3 Å². The molecule has 0 bridgehead atoms. The van der Waals surface area contributed by atoms with Crippen LogP contribution in [0.25, 0.3) is 11.1 Å². The summed E-state index contributed by atoms with van der Waals surface area (Å²) in [6.45, 7) is 9.28. The fourth-order valence-corrected chi connectivity index (χ4v) is 7.00. The van der Waals surface area contributed by atoms with Crippen molar-refractivity contribution in [1.29, 1.82) is 0 Å². The van der Waals surface area contributed by atoms with E-state index in [2.05, 4.69) is 61.6 Å². The highest BCUT2D eigenvalue weighted by Crippen LogP contribution is 2.32. The number of nitrogens with zero attached hydrogens (tertiary/aromatic N) is 4. The maximum Gasteiger partial charge on any atom is 0.404 e. The Morgan fingerprint density at radius 1 is 0.918 bits per heavy atom. The van der Waals surface area contributed by atoms with Crippen molar-refractivity contribution in [2.24, 2.45) is 0 Å². The minimum atomic E-state index is -1.05. The summed E-state index contributed by atoms with van der Waals surface area (Å²) in [4.78, 5) is 35.8. The Labute approximate surface area is 287 Å². The molecule has 1 aromatic heterocycles. The molecule has 49 heavy (non-hydrogen) atoms. The van der Waals surface area contributed by atoms with E-state index in [0.717, 1.165) is 89.0 Å². The molecule has 0 unspecified atom stereocenters. The Hall–Kier alpha value is -4.10. The maximum atomic E-state index is 14.4. The Morgan fingerprint density at radius 2 is 1.67 bits per heavy atom. The second-order valence-corrected chi connectivity index (χ2v) is 13.4. The van der Waals surface area contributed by atoms with Gasteiger partial charge in [-0.2, -0.15) is 0 Å². The average Bonchev–Trinajstić information content (AvgIpc) is 3.30. The van der Waals surface area contributed by atoms with Crippen molar-refractivity contribution >= 4 is 12.0 Å². The molecule has 6 rings (SSSR count). The topological polar surface area (TPSA) is 120 Å². The molecule has 2 aromatic carbocycles. The zero-order valence-corrected chi connectivity index (χ0v) is 28.2. The molecule has 1 saturated carbocycles. The third kappa shape index (κ3) is 9.75. The molecular formula is C37H47FN6O5. The van der Waals surface area contributed by atoms with Crippen molar-refractivity contribution in [3.63, 3.8) is 0 Å². The lowest BCUT2D eigenvalue weighted by Crippen LogP contribution is -2.43. The molecule has 262 valence electrons. The quantitative estimate of drug-likeness (QED) is 0.274. The van der Waals surface area contributed by atoms with Gasteiger partial charge in [0, 0.05) is 51.4 Å². The van der Waals surface area contributed by atoms with Crippen LogP contribution in [0.3, 0.4) is 0 Å². The van der Waals surface area contributed by atoms with Crippen LogP contribution < -0.4 is 15.4 Å². The Balaban J connectivity index is 1.19. The first kappa shape index (κ1) is 34.8. The smallest absolute Gasteiger partial charge is 0.404 e. The number of pyridine rings is 1. The van der Waals surface area contributed by atoms with Gasteiger partial charge in [-0.15, -0.1) is 0 Å². The molecule has 0 atom stereocenters. The fourth-order valence-electron chi connectivity index (χ4n) is 7.00. The van der Waals surface area contributed by atoms with Gasteiger partial charge in [-0.3, -0.25) is 14.6 Å². The van der Waals surface area contributed by atoms with Crippen molar-refractivity contribution in [1.82, 2.24) is 30.3 Å². The normalized spacial score (nSPS) is 21.1. The first-order valence-electron chi connectivity index (χ1n) is 17.4. The number of likely N-dealkylation sites (N-methyl/N-ethyl adjacent to an activating group) is 1. The van der Waals surface area contributed by atoms with E-state index in [9.17, 15) is 14.0 Å². The van der Waals surface area contributed by atoms with Gasteiger partial charge in [0.25, 0.3) is 5.91 Å². The van der Waals surface area contributed by atoms with Crippen molar-refractivity contribution in [2.45, 2.75) is 57.3 Å². The molecule has 0 spiro atoms. The molecule has 2 amide bonds. The molecule has 1 aliphatic carbocycles. The van der Waals surface area contributed by atoms with Crippen molar-refractivity contribution in [3.8, 4) is 22.8 Å². The maximum absolute atomic E-state index is 14.4. The standard InChI is InChI=1S/C37H47FN6O5/c1-42-12-3-13-43(15-14-42)24-26-6-11-33(28(20-26)25-44-16-18-48-19-17-44)27-4-2-5-32(21-27)49-36-34(22-29(38)23-39-36)35(45)40-30-7-9-31(10-8-30)41-37(46)47/h2,4-6,11,20-23,30-31,41H,3,7-10,12-19,24-25H2,1H3,(H,40,45)(H,46,47). The number of benzene rings is 2. The van der Waals surface area contributed by atoms with Gasteiger partial charge in [0.1, 0.15) is 17.1 Å². The molecule has 12 heteroatoms. The molecule has 3 aliphatic rings. The Morgan fingerprint density at radius 3 is 2.45 bits per heavy atom. The summed E-state index contributed by atoms with van der Waals surface area (Å²) in [5.74, 6) is -0.613. The highest BCUT2D eigenvalue weighted by Gasteiger charge is 2.26. The first-order chi connectivity index (χ1) is 23.8. The Kier molecular flexibility index (Phi) is 11.7. The van der Waals surface area contributed by atoms with E-state index in [1.54, 1.807) is 6.07 Å². The molecule has 3 N–H and O–H groups in total. The van der Waals surface area contributed by atoms with Crippen LogP contribution in [0.2, 0.25) is 0 Å². The number of carboxylic acid groups (broad SMARTS) is 1. The molecule has 11 nitrogen and oxygen atoms in total. The second-order valence-electron chi connectivity index (χ2n) is 13.4. The lowest BCUT2D eigenvalue weighted by Gasteiger charge is -2.29. The first-order valence-corrected chi connectivity index (χ1v) is 17.4. The van der Waals surface area contributed by atoms with Gasteiger partial charge in [0.15, 0.2) is 0 Å². The van der Waals surface area contributed by atoms with Gasteiger partial charge < -0.3 is 30.1 Å². The fraction of sp³-hybridized carbons (Fsp3) is 0.486. The highest BCUT2D eigenvalue weighted by atomic mass is 19.1. The Bertz CT molecular complexity index is 1590. The third-order valence-electron chi connectivity index (χ3n) is 9.70. The lowest BCUT2D eigenvalue weighted by atomic mass is 9.91. The van der Waals surface area contributed by atoms with Crippen LogP contribution in [0.15, 0.2) is 54.7 Å². The van der Waals surface area contributed by atoms with Crippen LogP contribution in [-0.4, -0.2) is 108 Å². The van der Waals surface area contributed by atoms with Crippen molar-refractivity contribution < 1.29 is 28.6 Å². The predicted molar refractivity (Wildman–Crippen MR) is 184 cm³/mol. The number of hydrogen-bond donors (Lipinski definition) is 3. The van der Waals surface area contributed by atoms with Crippen molar-refractivity contribution in [3.05, 3.63) is 77.2 Å². The lowest BCUT2D eigenvalue weighted by molar-refractivity contribution is 0.0342. The van der Waals surface area contributed by atoms with Gasteiger partial charge in [0.2, 0.25) is 5.88 Å². The minimum Gasteiger partial charge on any atom is -0.465 e. The van der Waals surface area contributed by atoms with E-state index in [1.807, 2.05) is 12.1 Å². The number of ether oxygens (including phenoxy) is 2. The van der Waals surface area contributed by atoms with E-state index in [-0.39, 0.29) is 23.5 Å². The number of rotatable bonds is 10. The SMILES string of the molecule is CN1CCCN(Cc2ccc(-c3cccc(Oc4ncc(F)cc4C(=O)NC4CCC(NC(=O)O)CC4)c3)c(CN3CCOCC3)c2)CC1. The number of halogens is 1. The molecule has 0 radical (unpaired) electrons. The molecule has 2 saturated heterocycles.